The van der Waals surface area contributed by atoms with E-state index < -0.39 is 0 Å². The van der Waals surface area contributed by atoms with Crippen LogP contribution in [-0.4, -0.2) is 23.8 Å². The fraction of sp³-hybridized carbons (Fsp3) is 0.462. The molecule has 0 spiro atoms. The molecule has 1 aliphatic heterocycles. The van der Waals surface area contributed by atoms with Crippen molar-refractivity contribution in [1.82, 2.24) is 4.90 Å². The van der Waals surface area contributed by atoms with Crippen molar-refractivity contribution in [3.8, 4) is 0 Å². The number of hydrogen-bond donors (Lipinski definition) is 0. The molecule has 0 bridgehead atoms. The summed E-state index contributed by atoms with van der Waals surface area (Å²) in [6.45, 7) is 3.76. The molecule has 1 atom stereocenters. The van der Waals surface area contributed by atoms with Crippen molar-refractivity contribution in [1.29, 1.82) is 0 Å². The number of benzene rings is 1. The van der Waals surface area contributed by atoms with Crippen molar-refractivity contribution in [3.63, 3.8) is 0 Å². The number of likely N-dealkylation sites (tertiary alicyclic amines) is 1. The monoisotopic (exact) mass is 255 g/mol. The van der Waals surface area contributed by atoms with E-state index >= 15 is 0 Å². The lowest BCUT2D eigenvalue weighted by Gasteiger charge is -2.30. The third kappa shape index (κ3) is 2.85. The van der Waals surface area contributed by atoms with E-state index in [1.165, 1.54) is 6.07 Å². The Morgan fingerprint density at radius 1 is 1.53 bits per heavy atom. The van der Waals surface area contributed by atoms with Gasteiger partial charge in [-0.25, -0.2) is 4.39 Å². The van der Waals surface area contributed by atoms with Gasteiger partial charge in [-0.2, -0.15) is 0 Å². The number of halogens is 2. The second-order valence-electron chi connectivity index (χ2n) is 4.55. The highest BCUT2D eigenvalue weighted by Gasteiger charge is 2.24. The maximum Gasteiger partial charge on any atom is 0.138 e. The molecule has 1 saturated heterocycles. The number of nitrogens with zero attached hydrogens (tertiary/aromatic N) is 1. The van der Waals surface area contributed by atoms with Gasteiger partial charge in [0, 0.05) is 42.6 Å². The maximum atomic E-state index is 13.6. The Kier molecular flexibility index (Phi) is 3.79. The lowest BCUT2D eigenvalue weighted by Crippen LogP contribution is -2.39. The Hall–Kier alpha value is -0.930. The molecular weight excluding hydrogens is 241 g/mol. The zero-order chi connectivity index (χ0) is 12.4. The number of carbonyl (C=O) groups excluding carboxylic acids is 1. The molecular formula is C13H15ClFNO. The number of hydrogen-bond acceptors (Lipinski definition) is 2. The van der Waals surface area contributed by atoms with Gasteiger partial charge in [-0.1, -0.05) is 24.6 Å². The third-order valence-corrected chi connectivity index (χ3v) is 3.55. The Bertz CT molecular complexity index is 415. The van der Waals surface area contributed by atoms with Crippen molar-refractivity contribution in [2.75, 3.05) is 13.1 Å². The van der Waals surface area contributed by atoms with E-state index in [2.05, 4.69) is 4.90 Å². The summed E-state index contributed by atoms with van der Waals surface area (Å²) in [5.74, 6) is 0.0530. The second-order valence-corrected chi connectivity index (χ2v) is 4.96. The maximum absolute atomic E-state index is 13.6. The minimum absolute atomic E-state index is 0.0364. The van der Waals surface area contributed by atoms with Gasteiger partial charge in [0.15, 0.2) is 0 Å². The molecule has 0 aliphatic carbocycles. The van der Waals surface area contributed by atoms with E-state index in [9.17, 15) is 9.18 Å². The fourth-order valence-electron chi connectivity index (χ4n) is 2.15. The average Bonchev–Trinajstić information content (AvgIpc) is 2.28. The van der Waals surface area contributed by atoms with Crippen molar-refractivity contribution >= 4 is 17.4 Å². The van der Waals surface area contributed by atoms with Crippen molar-refractivity contribution in [2.24, 2.45) is 5.92 Å². The Labute approximate surface area is 105 Å². The van der Waals surface area contributed by atoms with Crippen LogP contribution in [0.15, 0.2) is 18.2 Å². The normalized spacial score (nSPS) is 21.8. The molecule has 0 saturated carbocycles. The number of rotatable bonds is 2. The average molecular weight is 256 g/mol. The topological polar surface area (TPSA) is 20.3 Å². The molecule has 0 N–H and O–H groups in total. The highest BCUT2D eigenvalue weighted by molar-refractivity contribution is 6.31. The summed E-state index contributed by atoms with van der Waals surface area (Å²) in [6.07, 6.45) is 0.549. The summed E-state index contributed by atoms with van der Waals surface area (Å²) in [6, 6.07) is 4.71. The molecule has 2 rings (SSSR count). The van der Waals surface area contributed by atoms with Gasteiger partial charge < -0.3 is 0 Å². The molecule has 1 unspecified atom stereocenters. The van der Waals surface area contributed by atoms with Crippen LogP contribution in [0.25, 0.3) is 0 Å². The predicted molar refractivity (Wildman–Crippen MR) is 65.5 cm³/mol. The number of piperidine rings is 1. The van der Waals surface area contributed by atoms with Crippen molar-refractivity contribution in [3.05, 3.63) is 34.6 Å². The molecule has 0 aromatic heterocycles. The zero-order valence-corrected chi connectivity index (χ0v) is 10.5. The molecule has 1 fully saturated rings. The summed E-state index contributed by atoms with van der Waals surface area (Å²) in [4.78, 5) is 13.5. The molecule has 92 valence electrons. The first-order valence-corrected chi connectivity index (χ1v) is 6.13. The molecule has 1 aliphatic rings. The van der Waals surface area contributed by atoms with Crippen molar-refractivity contribution in [2.45, 2.75) is 19.9 Å². The highest BCUT2D eigenvalue weighted by Crippen LogP contribution is 2.23. The summed E-state index contributed by atoms with van der Waals surface area (Å²) in [5.41, 5.74) is 0.524. The SMILES string of the molecule is CC1CN(Cc2c(F)cccc2Cl)CCC1=O. The molecule has 0 radical (unpaired) electrons. The molecule has 17 heavy (non-hydrogen) atoms. The van der Waals surface area contributed by atoms with E-state index in [-0.39, 0.29) is 11.7 Å². The summed E-state index contributed by atoms with van der Waals surface area (Å²) in [5, 5.41) is 0.453. The number of ketones is 1. The number of Topliss-reactive ketones (excluding diaryl/α,β-unsaturated/α-hetero) is 1. The van der Waals surface area contributed by atoms with Crippen LogP contribution in [-0.2, 0) is 11.3 Å². The van der Waals surface area contributed by atoms with E-state index in [4.69, 9.17) is 11.6 Å². The van der Waals surface area contributed by atoms with Crippen LogP contribution in [0.2, 0.25) is 5.02 Å². The third-order valence-electron chi connectivity index (χ3n) is 3.20. The van der Waals surface area contributed by atoms with E-state index in [1.807, 2.05) is 6.92 Å². The van der Waals surface area contributed by atoms with Gasteiger partial charge in [-0.3, -0.25) is 9.69 Å². The first-order valence-electron chi connectivity index (χ1n) is 5.76. The van der Waals surface area contributed by atoms with Gasteiger partial charge in [-0.15, -0.1) is 0 Å². The summed E-state index contributed by atoms with van der Waals surface area (Å²) >= 11 is 5.98. The van der Waals surface area contributed by atoms with Crippen LogP contribution in [0.4, 0.5) is 4.39 Å². The molecule has 0 amide bonds. The Morgan fingerprint density at radius 3 is 2.94 bits per heavy atom. The van der Waals surface area contributed by atoms with Gasteiger partial charge in [0.2, 0.25) is 0 Å². The summed E-state index contributed by atoms with van der Waals surface area (Å²) in [7, 11) is 0. The Morgan fingerprint density at radius 2 is 2.29 bits per heavy atom. The number of carbonyl (C=O) groups is 1. The summed E-state index contributed by atoms with van der Waals surface area (Å²) < 4.78 is 13.6. The van der Waals surface area contributed by atoms with E-state index in [1.54, 1.807) is 12.1 Å². The van der Waals surface area contributed by atoms with Gasteiger partial charge in [0.25, 0.3) is 0 Å². The van der Waals surface area contributed by atoms with E-state index in [0.717, 1.165) is 0 Å². The molecule has 1 heterocycles. The standard InChI is InChI=1S/C13H15ClFNO/c1-9-7-16(6-5-13(9)17)8-10-11(14)3-2-4-12(10)15/h2-4,9H,5-8H2,1H3. The van der Waals surface area contributed by atoms with Crippen LogP contribution in [0.3, 0.4) is 0 Å². The predicted octanol–water partition coefficient (Wildman–Crippen LogP) is 2.89. The Balaban J connectivity index is 2.09. The smallest absolute Gasteiger partial charge is 0.138 e. The zero-order valence-electron chi connectivity index (χ0n) is 9.75. The second kappa shape index (κ2) is 5.15. The minimum atomic E-state index is -0.276. The van der Waals surface area contributed by atoms with Crippen LogP contribution in [0.1, 0.15) is 18.9 Å². The first-order chi connectivity index (χ1) is 8.08. The van der Waals surface area contributed by atoms with Gasteiger partial charge in [-0.05, 0) is 12.1 Å². The van der Waals surface area contributed by atoms with Crippen LogP contribution < -0.4 is 0 Å². The lowest BCUT2D eigenvalue weighted by atomic mass is 9.98. The quantitative estimate of drug-likeness (QED) is 0.810. The lowest BCUT2D eigenvalue weighted by molar-refractivity contribution is -0.125. The fourth-order valence-corrected chi connectivity index (χ4v) is 2.37. The van der Waals surface area contributed by atoms with Gasteiger partial charge >= 0.3 is 0 Å². The van der Waals surface area contributed by atoms with Gasteiger partial charge in [0.05, 0.1) is 0 Å². The minimum Gasteiger partial charge on any atom is -0.299 e. The molecule has 1 aromatic carbocycles. The van der Waals surface area contributed by atoms with Crippen molar-refractivity contribution < 1.29 is 9.18 Å². The van der Waals surface area contributed by atoms with Crippen LogP contribution >= 0.6 is 11.6 Å². The van der Waals surface area contributed by atoms with Crippen LogP contribution in [0, 0.1) is 11.7 Å². The molecule has 1 aromatic rings. The molecule has 2 nitrogen and oxygen atoms in total. The highest BCUT2D eigenvalue weighted by atomic mass is 35.5. The van der Waals surface area contributed by atoms with E-state index in [0.29, 0.717) is 42.4 Å². The molecule has 4 heteroatoms. The van der Waals surface area contributed by atoms with Gasteiger partial charge in [0.1, 0.15) is 11.6 Å². The van der Waals surface area contributed by atoms with Crippen LogP contribution in [0.5, 0.6) is 0 Å². The first kappa shape index (κ1) is 12.5. The largest absolute Gasteiger partial charge is 0.299 e.